The van der Waals surface area contributed by atoms with Crippen molar-refractivity contribution in [2.24, 2.45) is 0 Å². The van der Waals surface area contributed by atoms with Crippen LogP contribution in [0.1, 0.15) is 12.5 Å². The van der Waals surface area contributed by atoms with Crippen LogP contribution in [0.4, 0.5) is 0 Å². The number of hydrogen-bond donors (Lipinski definition) is 3. The lowest BCUT2D eigenvalue weighted by Gasteiger charge is -2.19. The van der Waals surface area contributed by atoms with Crippen molar-refractivity contribution < 1.29 is 23.1 Å². The van der Waals surface area contributed by atoms with Crippen LogP contribution in [0.2, 0.25) is 5.02 Å². The number of amides is 1. The van der Waals surface area contributed by atoms with Crippen molar-refractivity contribution in [1.82, 2.24) is 10.0 Å². The first-order valence-electron chi connectivity index (χ1n) is 8.40. The van der Waals surface area contributed by atoms with Gasteiger partial charge in [0.15, 0.2) is 0 Å². The second kappa shape index (κ2) is 9.18. The van der Waals surface area contributed by atoms with E-state index in [0.29, 0.717) is 5.02 Å². The number of carboxylic acid groups (broad SMARTS) is 1. The summed E-state index contributed by atoms with van der Waals surface area (Å²) in [4.78, 5) is 23.4. The lowest BCUT2D eigenvalue weighted by Crippen LogP contribution is -2.51. The fourth-order valence-corrected chi connectivity index (χ4v) is 3.34. The van der Waals surface area contributed by atoms with Gasteiger partial charge in [-0.3, -0.25) is 19.6 Å². The Morgan fingerprint density at radius 1 is 1.11 bits per heavy atom. The molecular weight excluding hydrogens is 404 g/mol. The normalized spacial score (nSPS) is 13.5. The second-order valence-electron chi connectivity index (χ2n) is 6.43. The first kappa shape index (κ1) is 21.9. The Morgan fingerprint density at radius 3 is 2.29 bits per heavy atom. The minimum Gasteiger partial charge on any atom is -0.480 e. The van der Waals surface area contributed by atoms with Crippen LogP contribution in [0.25, 0.3) is 11.1 Å². The standard InChI is InChI=1S/C19H21ClN2O5S/c1-12(18(23)22-28(2,26)27)21-17(19(24)25)10-13-6-8-14(9-7-13)15-4-3-5-16(20)11-15/h3-9,11-12,17,21H,10H2,1-2H3,(H,22,23)(H,24,25)/t12-,17-/m0/s1. The zero-order chi connectivity index (χ0) is 20.9. The summed E-state index contributed by atoms with van der Waals surface area (Å²) >= 11 is 6.00. The van der Waals surface area contributed by atoms with E-state index in [9.17, 15) is 23.1 Å². The molecule has 150 valence electrons. The molecule has 0 saturated heterocycles. The van der Waals surface area contributed by atoms with Gasteiger partial charge in [0.25, 0.3) is 0 Å². The van der Waals surface area contributed by atoms with E-state index in [0.717, 1.165) is 22.9 Å². The summed E-state index contributed by atoms with van der Waals surface area (Å²) in [6.45, 7) is 1.40. The molecule has 0 heterocycles. The Morgan fingerprint density at radius 2 is 1.75 bits per heavy atom. The number of sulfonamides is 1. The van der Waals surface area contributed by atoms with Crippen LogP contribution in [0.3, 0.4) is 0 Å². The average molecular weight is 425 g/mol. The van der Waals surface area contributed by atoms with Crippen molar-refractivity contribution in [2.75, 3.05) is 6.26 Å². The number of rotatable bonds is 8. The molecule has 0 fully saturated rings. The predicted molar refractivity (Wildman–Crippen MR) is 108 cm³/mol. The van der Waals surface area contributed by atoms with Gasteiger partial charge in [0.1, 0.15) is 6.04 Å². The number of aliphatic carboxylic acids is 1. The molecule has 0 aromatic heterocycles. The largest absolute Gasteiger partial charge is 0.480 e. The summed E-state index contributed by atoms with van der Waals surface area (Å²) in [5, 5.41) is 12.7. The number of halogens is 1. The lowest BCUT2D eigenvalue weighted by molar-refractivity contribution is -0.139. The molecule has 2 rings (SSSR count). The van der Waals surface area contributed by atoms with Crippen LogP contribution in [0.15, 0.2) is 48.5 Å². The van der Waals surface area contributed by atoms with Gasteiger partial charge < -0.3 is 5.11 Å². The first-order chi connectivity index (χ1) is 13.0. The Bertz CT molecular complexity index is 961. The predicted octanol–water partition coefficient (Wildman–Crippen LogP) is 2.06. The highest BCUT2D eigenvalue weighted by Crippen LogP contribution is 2.23. The zero-order valence-corrected chi connectivity index (χ0v) is 16.9. The highest BCUT2D eigenvalue weighted by Gasteiger charge is 2.24. The number of carbonyl (C=O) groups is 2. The van der Waals surface area contributed by atoms with Crippen molar-refractivity contribution in [3.63, 3.8) is 0 Å². The minimum absolute atomic E-state index is 0.127. The summed E-state index contributed by atoms with van der Waals surface area (Å²) < 4.78 is 24.1. The van der Waals surface area contributed by atoms with Crippen molar-refractivity contribution >= 4 is 33.5 Å². The van der Waals surface area contributed by atoms with Gasteiger partial charge in [0, 0.05) is 5.02 Å². The SMILES string of the molecule is C[C@H](N[C@@H](Cc1ccc(-c2cccc(Cl)c2)cc1)C(=O)O)C(=O)NS(C)(=O)=O. The molecule has 0 bridgehead atoms. The molecule has 0 spiro atoms. The minimum atomic E-state index is -3.71. The highest BCUT2D eigenvalue weighted by molar-refractivity contribution is 7.89. The van der Waals surface area contributed by atoms with Crippen LogP contribution in [-0.2, 0) is 26.0 Å². The molecule has 0 saturated carbocycles. The van der Waals surface area contributed by atoms with E-state index in [-0.39, 0.29) is 6.42 Å². The van der Waals surface area contributed by atoms with Gasteiger partial charge in [0.05, 0.1) is 12.3 Å². The van der Waals surface area contributed by atoms with Gasteiger partial charge in [0.2, 0.25) is 15.9 Å². The van der Waals surface area contributed by atoms with E-state index >= 15 is 0 Å². The summed E-state index contributed by atoms with van der Waals surface area (Å²) in [7, 11) is -3.71. The summed E-state index contributed by atoms with van der Waals surface area (Å²) in [6, 6.07) is 12.6. The van der Waals surface area contributed by atoms with Gasteiger partial charge >= 0.3 is 5.97 Å². The van der Waals surface area contributed by atoms with Gasteiger partial charge in [-0.25, -0.2) is 8.42 Å². The molecule has 2 atom stereocenters. The first-order valence-corrected chi connectivity index (χ1v) is 10.7. The van der Waals surface area contributed by atoms with Gasteiger partial charge in [-0.2, -0.15) is 0 Å². The molecule has 28 heavy (non-hydrogen) atoms. The topological polar surface area (TPSA) is 113 Å². The van der Waals surface area contributed by atoms with Gasteiger partial charge in [-0.1, -0.05) is 48.0 Å². The van der Waals surface area contributed by atoms with E-state index in [1.54, 1.807) is 18.2 Å². The average Bonchev–Trinajstić information content (AvgIpc) is 2.60. The van der Waals surface area contributed by atoms with Crippen LogP contribution < -0.4 is 10.0 Å². The molecule has 0 aliphatic heterocycles. The Labute approximate surface area is 168 Å². The Hall–Kier alpha value is -2.42. The highest BCUT2D eigenvalue weighted by atomic mass is 35.5. The Balaban J connectivity index is 2.08. The molecule has 0 aliphatic carbocycles. The lowest BCUT2D eigenvalue weighted by atomic mass is 10.0. The molecular formula is C19H21ClN2O5S. The second-order valence-corrected chi connectivity index (χ2v) is 8.61. The number of hydrogen-bond acceptors (Lipinski definition) is 5. The maximum Gasteiger partial charge on any atom is 0.321 e. The molecule has 1 amide bonds. The van der Waals surface area contributed by atoms with Crippen molar-refractivity contribution in [3.8, 4) is 11.1 Å². The van der Waals surface area contributed by atoms with E-state index in [2.05, 4.69) is 5.32 Å². The monoisotopic (exact) mass is 424 g/mol. The summed E-state index contributed by atoms with van der Waals surface area (Å²) in [5.41, 5.74) is 2.63. The van der Waals surface area contributed by atoms with Crippen molar-refractivity contribution in [1.29, 1.82) is 0 Å². The van der Waals surface area contributed by atoms with Crippen molar-refractivity contribution in [2.45, 2.75) is 25.4 Å². The molecule has 0 aliphatic rings. The van der Waals surface area contributed by atoms with Crippen LogP contribution in [-0.4, -0.2) is 43.7 Å². The molecule has 7 nitrogen and oxygen atoms in total. The van der Waals surface area contributed by atoms with E-state index in [4.69, 9.17) is 11.6 Å². The Kier molecular flexibility index (Phi) is 7.17. The van der Waals surface area contributed by atoms with E-state index < -0.39 is 34.0 Å². The van der Waals surface area contributed by atoms with Crippen LogP contribution >= 0.6 is 11.6 Å². The third-order valence-electron chi connectivity index (χ3n) is 3.98. The zero-order valence-electron chi connectivity index (χ0n) is 15.3. The van der Waals surface area contributed by atoms with Gasteiger partial charge in [-0.05, 0) is 42.2 Å². The van der Waals surface area contributed by atoms with E-state index in [1.165, 1.54) is 6.92 Å². The summed E-state index contributed by atoms with van der Waals surface area (Å²) in [6.07, 6.45) is 0.982. The van der Waals surface area contributed by atoms with Crippen LogP contribution in [0, 0.1) is 0 Å². The number of carbonyl (C=O) groups excluding carboxylic acids is 1. The van der Waals surface area contributed by atoms with Crippen molar-refractivity contribution in [3.05, 3.63) is 59.1 Å². The number of carboxylic acids is 1. The fourth-order valence-electron chi connectivity index (χ4n) is 2.60. The molecule has 0 unspecified atom stereocenters. The van der Waals surface area contributed by atoms with Crippen LogP contribution in [0.5, 0.6) is 0 Å². The molecule has 0 radical (unpaired) electrons. The van der Waals surface area contributed by atoms with E-state index in [1.807, 2.05) is 35.1 Å². The molecule has 9 heteroatoms. The number of benzene rings is 2. The maximum atomic E-state index is 11.8. The number of nitrogens with one attached hydrogen (secondary N) is 2. The summed E-state index contributed by atoms with van der Waals surface area (Å²) in [5.74, 6) is -1.96. The maximum absolute atomic E-state index is 11.8. The quantitative estimate of drug-likeness (QED) is 0.597. The molecule has 3 N–H and O–H groups in total. The smallest absolute Gasteiger partial charge is 0.321 e. The fraction of sp³-hybridized carbons (Fsp3) is 0.263. The van der Waals surface area contributed by atoms with Gasteiger partial charge in [-0.15, -0.1) is 0 Å². The molecule has 2 aromatic rings. The third-order valence-corrected chi connectivity index (χ3v) is 4.79. The third kappa shape index (κ3) is 6.63. The molecule has 2 aromatic carbocycles.